The molecule has 51 heavy (non-hydrogen) atoms. The van der Waals surface area contributed by atoms with Gasteiger partial charge < -0.3 is 0 Å². The summed E-state index contributed by atoms with van der Waals surface area (Å²) in [6.07, 6.45) is 0. The van der Waals surface area contributed by atoms with Crippen molar-refractivity contribution in [2.45, 2.75) is 0 Å². The molecule has 0 aliphatic rings. The van der Waals surface area contributed by atoms with Gasteiger partial charge in [0.15, 0.2) is 0 Å². The van der Waals surface area contributed by atoms with E-state index in [0.29, 0.717) is 14.5 Å². The van der Waals surface area contributed by atoms with Crippen LogP contribution in [0.2, 0.25) is 0 Å². The SMILES string of the molecule is c1ccc(-c2ccc(-c3ccc(-n4c5ccccc5c5c6c7ccccc7n(-c7ccc8c(c7)[se]c7ccccc78)c6ccc54)cc3)cc2)cc1. The Bertz CT molecular complexity index is 3100. The average molecular weight is 714 g/mol. The smallest absolute Gasteiger partial charge is 0.0617 e. The first-order valence-corrected chi connectivity index (χ1v) is 19.1. The van der Waals surface area contributed by atoms with E-state index in [4.69, 9.17) is 0 Å². The van der Waals surface area contributed by atoms with Crippen molar-refractivity contribution in [1.82, 2.24) is 9.13 Å². The minimum atomic E-state index is 0.308. The van der Waals surface area contributed by atoms with Gasteiger partial charge in [0.05, 0.1) is 0 Å². The zero-order chi connectivity index (χ0) is 33.5. The molecule has 3 heteroatoms. The number of fused-ring (bicyclic) bond motifs is 10. The van der Waals surface area contributed by atoms with Gasteiger partial charge in [0, 0.05) is 0 Å². The predicted octanol–water partition coefficient (Wildman–Crippen LogP) is 12.6. The fraction of sp³-hybridized carbons (Fsp3) is 0. The van der Waals surface area contributed by atoms with Crippen molar-refractivity contribution in [3.8, 4) is 33.6 Å². The Kier molecular flexibility index (Phi) is 6.30. The second kappa shape index (κ2) is 11.2. The van der Waals surface area contributed by atoms with Gasteiger partial charge in [0.25, 0.3) is 0 Å². The van der Waals surface area contributed by atoms with E-state index < -0.39 is 0 Å². The molecule has 0 aliphatic heterocycles. The third-order valence-electron chi connectivity index (χ3n) is 10.5. The van der Waals surface area contributed by atoms with Crippen molar-refractivity contribution in [1.29, 1.82) is 0 Å². The van der Waals surface area contributed by atoms with Crippen LogP contribution in [0.1, 0.15) is 0 Å². The number of aromatic nitrogens is 2. The van der Waals surface area contributed by atoms with Crippen LogP contribution in [0.3, 0.4) is 0 Å². The Morgan fingerprint density at radius 3 is 1.37 bits per heavy atom. The van der Waals surface area contributed by atoms with E-state index >= 15 is 0 Å². The van der Waals surface area contributed by atoms with E-state index in [0.717, 1.165) is 5.69 Å². The van der Waals surface area contributed by atoms with Gasteiger partial charge in [0.1, 0.15) is 0 Å². The summed E-state index contributed by atoms with van der Waals surface area (Å²) >= 11 is 0.308. The second-order valence-electron chi connectivity index (χ2n) is 13.3. The molecule has 3 aromatic heterocycles. The standard InChI is InChI=1S/C48H30N2Se/c1-2-10-31(11-3-1)32-18-20-33(21-19-32)34-22-24-35(25-23-34)49-41-15-7-4-13-39(41)47-43(49)28-29-44-48(47)40-14-5-8-16-42(40)50(44)36-26-27-38-37-12-6-9-17-45(37)51-46(38)30-36/h1-30H. The molecule has 0 bridgehead atoms. The fourth-order valence-electron chi connectivity index (χ4n) is 8.22. The number of rotatable bonds is 4. The molecule has 0 unspecified atom stereocenters. The van der Waals surface area contributed by atoms with Gasteiger partial charge in [-0.25, -0.2) is 0 Å². The van der Waals surface area contributed by atoms with Crippen molar-refractivity contribution < 1.29 is 0 Å². The van der Waals surface area contributed by atoms with E-state index in [1.54, 1.807) is 0 Å². The van der Waals surface area contributed by atoms with Crippen LogP contribution < -0.4 is 0 Å². The Morgan fingerprint density at radius 1 is 0.294 bits per heavy atom. The fourth-order valence-corrected chi connectivity index (χ4v) is 10.6. The molecule has 238 valence electrons. The van der Waals surface area contributed by atoms with Gasteiger partial charge >= 0.3 is 225 Å². The summed E-state index contributed by atoms with van der Waals surface area (Å²) in [7, 11) is 0. The minimum absolute atomic E-state index is 0.308. The quantitative estimate of drug-likeness (QED) is 0.161. The molecular weight excluding hydrogens is 684 g/mol. The van der Waals surface area contributed by atoms with Crippen LogP contribution in [0, 0.1) is 0 Å². The van der Waals surface area contributed by atoms with Crippen LogP contribution in [-0.2, 0) is 0 Å². The topological polar surface area (TPSA) is 9.86 Å². The van der Waals surface area contributed by atoms with Crippen LogP contribution >= 0.6 is 0 Å². The van der Waals surface area contributed by atoms with Crippen molar-refractivity contribution in [3.63, 3.8) is 0 Å². The third-order valence-corrected chi connectivity index (χ3v) is 12.9. The summed E-state index contributed by atoms with van der Waals surface area (Å²) in [6.45, 7) is 0. The summed E-state index contributed by atoms with van der Waals surface area (Å²) in [5.74, 6) is 0. The number of para-hydroxylation sites is 2. The summed E-state index contributed by atoms with van der Waals surface area (Å²) < 4.78 is 7.85. The Morgan fingerprint density at radius 2 is 0.745 bits per heavy atom. The molecule has 0 radical (unpaired) electrons. The van der Waals surface area contributed by atoms with Crippen molar-refractivity contribution >= 4 is 77.4 Å². The van der Waals surface area contributed by atoms with Gasteiger partial charge in [-0.05, 0) is 22.3 Å². The van der Waals surface area contributed by atoms with Gasteiger partial charge in [0.2, 0.25) is 0 Å². The molecular formula is C48H30N2Se. The molecule has 0 atom stereocenters. The first kappa shape index (κ1) is 28.7. The van der Waals surface area contributed by atoms with E-state index in [9.17, 15) is 0 Å². The molecule has 0 fully saturated rings. The van der Waals surface area contributed by atoms with Crippen LogP contribution in [0.25, 0.3) is 96.5 Å². The number of hydrogen-bond acceptors (Lipinski definition) is 0. The molecule has 0 amide bonds. The summed E-state index contributed by atoms with van der Waals surface area (Å²) in [4.78, 5) is 0. The van der Waals surface area contributed by atoms with Gasteiger partial charge in [-0.1, -0.05) is 54.6 Å². The zero-order valence-electron chi connectivity index (χ0n) is 27.6. The van der Waals surface area contributed by atoms with Crippen molar-refractivity contribution in [3.05, 3.63) is 182 Å². The number of benzene rings is 8. The molecule has 0 N–H and O–H groups in total. The molecule has 0 saturated heterocycles. The zero-order valence-corrected chi connectivity index (χ0v) is 29.3. The molecule has 2 nitrogen and oxygen atoms in total. The first-order valence-electron chi connectivity index (χ1n) is 17.4. The average Bonchev–Trinajstić information content (AvgIpc) is 3.85. The normalized spacial score (nSPS) is 11.9. The van der Waals surface area contributed by atoms with Crippen LogP contribution in [-0.4, -0.2) is 23.6 Å². The summed E-state index contributed by atoms with van der Waals surface area (Å²) in [5.41, 5.74) is 12.2. The number of nitrogens with zero attached hydrogens (tertiary/aromatic N) is 2. The monoisotopic (exact) mass is 714 g/mol. The Labute approximate surface area is 300 Å². The van der Waals surface area contributed by atoms with Gasteiger partial charge in [-0.2, -0.15) is 0 Å². The maximum absolute atomic E-state index is 2.48. The molecule has 11 aromatic rings. The maximum atomic E-state index is 2.48. The third kappa shape index (κ3) is 4.36. The summed E-state index contributed by atoms with van der Waals surface area (Å²) in [5, 5.41) is 7.94. The van der Waals surface area contributed by atoms with Crippen molar-refractivity contribution in [2.24, 2.45) is 0 Å². The van der Waals surface area contributed by atoms with Crippen LogP contribution in [0.15, 0.2) is 182 Å². The first-order chi connectivity index (χ1) is 25.3. The molecule has 3 heterocycles. The second-order valence-corrected chi connectivity index (χ2v) is 15.6. The molecule has 0 aliphatic carbocycles. The molecule has 0 spiro atoms. The van der Waals surface area contributed by atoms with Crippen LogP contribution in [0.5, 0.6) is 0 Å². The van der Waals surface area contributed by atoms with E-state index in [1.165, 1.54) is 90.8 Å². The van der Waals surface area contributed by atoms with Gasteiger partial charge in [-0.3, -0.25) is 0 Å². The molecule has 8 aromatic carbocycles. The van der Waals surface area contributed by atoms with Gasteiger partial charge in [-0.15, -0.1) is 0 Å². The summed E-state index contributed by atoms with van der Waals surface area (Å²) in [6, 6.07) is 66.9. The van der Waals surface area contributed by atoms with E-state index in [1.807, 2.05) is 0 Å². The van der Waals surface area contributed by atoms with Crippen LogP contribution in [0.4, 0.5) is 0 Å². The predicted molar refractivity (Wildman–Crippen MR) is 218 cm³/mol. The van der Waals surface area contributed by atoms with E-state index in [-0.39, 0.29) is 0 Å². The van der Waals surface area contributed by atoms with E-state index in [2.05, 4.69) is 191 Å². The Hall–Kier alpha value is -6.12. The minimum Gasteiger partial charge on any atom is -0.0617 e. The molecule has 11 rings (SSSR count). The Balaban J connectivity index is 1.09. The number of hydrogen-bond donors (Lipinski definition) is 0. The molecule has 0 saturated carbocycles. The van der Waals surface area contributed by atoms with Crippen molar-refractivity contribution in [2.75, 3.05) is 0 Å².